The highest BCUT2D eigenvalue weighted by molar-refractivity contribution is 7.86. The van der Waals surface area contributed by atoms with E-state index in [-0.39, 0.29) is 19.0 Å². The zero-order valence-electron chi connectivity index (χ0n) is 14.6. The van der Waals surface area contributed by atoms with Crippen LogP contribution in [0.4, 0.5) is 0 Å². The maximum Gasteiger partial charge on any atom is 0.281 e. The first-order valence-corrected chi connectivity index (χ1v) is 10.5. The Bertz CT molecular complexity index is 847. The summed E-state index contributed by atoms with van der Waals surface area (Å²) >= 11 is 1.50. The molecule has 0 spiro atoms. The summed E-state index contributed by atoms with van der Waals surface area (Å²) in [6.45, 7) is 0.725. The van der Waals surface area contributed by atoms with Gasteiger partial charge in [0.25, 0.3) is 10.2 Å². The van der Waals surface area contributed by atoms with Crippen LogP contribution in [0.5, 0.6) is 0 Å². The molecule has 1 N–H and O–H groups in total. The van der Waals surface area contributed by atoms with E-state index in [2.05, 4.69) is 15.5 Å². The molecule has 1 unspecified atom stereocenters. The van der Waals surface area contributed by atoms with E-state index in [1.165, 1.54) is 29.7 Å². The average molecular weight is 399 g/mol. The highest BCUT2D eigenvalue weighted by Gasteiger charge is 2.33. The molecule has 1 amide bonds. The largest absolute Gasteiger partial charge is 0.347 e. The predicted molar refractivity (Wildman–Crippen MR) is 96.4 cm³/mol. The smallest absolute Gasteiger partial charge is 0.281 e. The van der Waals surface area contributed by atoms with Gasteiger partial charge in [-0.25, -0.2) is 0 Å². The number of hydrogen-bond donors (Lipinski definition) is 1. The minimum absolute atomic E-state index is 0.119. The molecule has 1 aliphatic heterocycles. The zero-order valence-corrected chi connectivity index (χ0v) is 16.2. The van der Waals surface area contributed by atoms with E-state index in [4.69, 9.17) is 4.52 Å². The van der Waals surface area contributed by atoms with Crippen molar-refractivity contribution in [3.8, 4) is 10.7 Å². The quantitative estimate of drug-likeness (QED) is 0.774. The third kappa shape index (κ3) is 4.11. The van der Waals surface area contributed by atoms with Gasteiger partial charge in [-0.2, -0.15) is 22.0 Å². The van der Waals surface area contributed by atoms with E-state index in [1.807, 2.05) is 17.5 Å². The number of carbonyl (C=O) groups is 1. The van der Waals surface area contributed by atoms with Gasteiger partial charge in [0.15, 0.2) is 0 Å². The summed E-state index contributed by atoms with van der Waals surface area (Å²) in [6.07, 6.45) is 1.30. The van der Waals surface area contributed by atoms with Crippen LogP contribution >= 0.6 is 11.3 Å². The molecule has 11 heteroatoms. The average Bonchev–Trinajstić information content (AvgIpc) is 3.31. The number of aromatic nitrogens is 2. The Hall–Kier alpha value is -1.82. The normalized spacial score (nSPS) is 19.0. The van der Waals surface area contributed by atoms with Gasteiger partial charge in [0.1, 0.15) is 0 Å². The standard InChI is InChI=1S/C15H21N5O4S2/c1-19(2)26(22,23)20-7-3-5-11(10-20)15(21)16-9-13-17-14(18-24-13)12-6-4-8-25-12/h4,6,8,11H,3,5,7,9-10H2,1-2H3,(H,16,21). The van der Waals surface area contributed by atoms with Crippen LogP contribution in [0, 0.1) is 5.92 Å². The van der Waals surface area contributed by atoms with Gasteiger partial charge < -0.3 is 9.84 Å². The summed E-state index contributed by atoms with van der Waals surface area (Å²) in [5, 5.41) is 8.57. The van der Waals surface area contributed by atoms with Crippen LogP contribution in [0.3, 0.4) is 0 Å². The fourth-order valence-corrected chi connectivity index (χ4v) is 4.58. The van der Waals surface area contributed by atoms with Crippen molar-refractivity contribution in [3.05, 3.63) is 23.4 Å². The number of hydrogen-bond acceptors (Lipinski definition) is 7. The maximum atomic E-state index is 12.4. The molecule has 3 heterocycles. The third-order valence-electron chi connectivity index (χ3n) is 4.17. The Morgan fingerprint density at radius 1 is 1.50 bits per heavy atom. The Morgan fingerprint density at radius 2 is 2.31 bits per heavy atom. The SMILES string of the molecule is CN(C)S(=O)(=O)N1CCCC(C(=O)NCc2nc(-c3cccs3)no2)C1. The molecule has 3 rings (SSSR count). The molecule has 142 valence electrons. The monoisotopic (exact) mass is 399 g/mol. The summed E-state index contributed by atoms with van der Waals surface area (Å²) in [5.41, 5.74) is 0. The first-order valence-electron chi connectivity index (χ1n) is 8.19. The lowest BCUT2D eigenvalue weighted by Crippen LogP contribution is -2.48. The maximum absolute atomic E-state index is 12.4. The second-order valence-corrected chi connectivity index (χ2v) is 9.28. The highest BCUT2D eigenvalue weighted by atomic mass is 32.2. The van der Waals surface area contributed by atoms with Crippen LogP contribution in [0.25, 0.3) is 10.7 Å². The van der Waals surface area contributed by atoms with Gasteiger partial charge in [0.05, 0.1) is 17.3 Å². The Balaban J connectivity index is 1.56. The Morgan fingerprint density at radius 3 is 3.00 bits per heavy atom. The van der Waals surface area contributed by atoms with Gasteiger partial charge in [-0.15, -0.1) is 11.3 Å². The number of amides is 1. The van der Waals surface area contributed by atoms with Crippen LogP contribution < -0.4 is 5.32 Å². The van der Waals surface area contributed by atoms with Crippen LogP contribution in [0.15, 0.2) is 22.0 Å². The number of carbonyl (C=O) groups excluding carboxylic acids is 1. The fourth-order valence-electron chi connectivity index (χ4n) is 2.74. The number of rotatable bonds is 6. The lowest BCUT2D eigenvalue weighted by molar-refractivity contribution is -0.126. The van der Waals surface area contributed by atoms with Crippen LogP contribution in [0.2, 0.25) is 0 Å². The predicted octanol–water partition coefficient (Wildman–Crippen LogP) is 0.933. The fraction of sp³-hybridized carbons (Fsp3) is 0.533. The number of nitrogens with one attached hydrogen (secondary N) is 1. The third-order valence-corrected chi connectivity index (χ3v) is 6.94. The molecule has 1 aliphatic rings. The molecule has 26 heavy (non-hydrogen) atoms. The summed E-state index contributed by atoms with van der Waals surface area (Å²) in [6, 6.07) is 3.79. The molecule has 1 fully saturated rings. The van der Waals surface area contributed by atoms with Crippen molar-refractivity contribution < 1.29 is 17.7 Å². The number of nitrogens with zero attached hydrogens (tertiary/aromatic N) is 4. The van der Waals surface area contributed by atoms with Crippen molar-refractivity contribution in [3.63, 3.8) is 0 Å². The second kappa shape index (κ2) is 7.82. The lowest BCUT2D eigenvalue weighted by Gasteiger charge is -2.32. The summed E-state index contributed by atoms with van der Waals surface area (Å²) < 4.78 is 32.1. The minimum atomic E-state index is -3.51. The van der Waals surface area contributed by atoms with Crippen molar-refractivity contribution >= 4 is 27.5 Å². The van der Waals surface area contributed by atoms with Crippen molar-refractivity contribution in [1.82, 2.24) is 24.1 Å². The van der Waals surface area contributed by atoms with E-state index in [1.54, 1.807) is 0 Å². The molecule has 0 saturated carbocycles. The number of piperidine rings is 1. The van der Waals surface area contributed by atoms with Crippen LogP contribution in [-0.2, 0) is 21.5 Å². The zero-order chi connectivity index (χ0) is 18.7. The van der Waals surface area contributed by atoms with E-state index in [9.17, 15) is 13.2 Å². The van der Waals surface area contributed by atoms with Crippen molar-refractivity contribution in [2.45, 2.75) is 19.4 Å². The van der Waals surface area contributed by atoms with Crippen molar-refractivity contribution in [2.24, 2.45) is 5.92 Å². The molecule has 0 aromatic carbocycles. The molecule has 0 aliphatic carbocycles. The molecular weight excluding hydrogens is 378 g/mol. The van der Waals surface area contributed by atoms with Gasteiger partial charge in [-0.05, 0) is 24.3 Å². The van der Waals surface area contributed by atoms with Crippen LogP contribution in [0.1, 0.15) is 18.7 Å². The van der Waals surface area contributed by atoms with Gasteiger partial charge >= 0.3 is 0 Å². The van der Waals surface area contributed by atoms with Crippen LogP contribution in [-0.4, -0.2) is 60.3 Å². The molecule has 2 aromatic heterocycles. The van der Waals surface area contributed by atoms with Gasteiger partial charge in [-0.1, -0.05) is 11.2 Å². The topological polar surface area (TPSA) is 109 Å². The number of thiophene rings is 1. The van der Waals surface area contributed by atoms with Crippen molar-refractivity contribution in [1.29, 1.82) is 0 Å². The van der Waals surface area contributed by atoms with Gasteiger partial charge in [0, 0.05) is 27.2 Å². The first kappa shape index (κ1) is 19.0. The molecule has 9 nitrogen and oxygen atoms in total. The summed E-state index contributed by atoms with van der Waals surface area (Å²) in [4.78, 5) is 17.6. The highest BCUT2D eigenvalue weighted by Crippen LogP contribution is 2.22. The molecule has 1 atom stereocenters. The molecule has 0 bridgehead atoms. The molecular formula is C15H21N5O4S2. The minimum Gasteiger partial charge on any atom is -0.347 e. The first-order chi connectivity index (χ1) is 12.4. The second-order valence-electron chi connectivity index (χ2n) is 6.19. The van der Waals surface area contributed by atoms with Crippen molar-refractivity contribution in [2.75, 3.05) is 27.2 Å². The molecule has 1 saturated heterocycles. The van der Waals surface area contributed by atoms with Gasteiger partial charge in [0.2, 0.25) is 17.6 Å². The Labute approximate surface area is 156 Å². The summed E-state index contributed by atoms with van der Waals surface area (Å²) in [5.74, 6) is 0.207. The lowest BCUT2D eigenvalue weighted by atomic mass is 9.99. The van der Waals surface area contributed by atoms with E-state index in [0.717, 1.165) is 9.18 Å². The van der Waals surface area contributed by atoms with E-state index >= 15 is 0 Å². The molecule has 2 aromatic rings. The summed E-state index contributed by atoms with van der Waals surface area (Å²) in [7, 11) is -0.537. The van der Waals surface area contributed by atoms with E-state index in [0.29, 0.717) is 31.1 Å². The molecule has 0 radical (unpaired) electrons. The van der Waals surface area contributed by atoms with Gasteiger partial charge in [-0.3, -0.25) is 4.79 Å². The Kier molecular flexibility index (Phi) is 5.70. The van der Waals surface area contributed by atoms with E-state index < -0.39 is 16.1 Å².